The predicted octanol–water partition coefficient (Wildman–Crippen LogP) is 3.20. The van der Waals surface area contributed by atoms with Gasteiger partial charge < -0.3 is 9.64 Å². The number of rotatable bonds is 6. The zero-order valence-electron chi connectivity index (χ0n) is 11.7. The summed E-state index contributed by atoms with van der Waals surface area (Å²) in [5.41, 5.74) is 2.22. The van der Waals surface area contributed by atoms with E-state index in [-0.39, 0.29) is 0 Å². The van der Waals surface area contributed by atoms with Gasteiger partial charge in [0, 0.05) is 18.4 Å². The number of anilines is 1. The predicted molar refractivity (Wildman–Crippen MR) is 84.6 cm³/mol. The number of aromatic nitrogens is 2. The molecule has 0 amide bonds. The molecule has 4 nitrogen and oxygen atoms in total. The quantitative estimate of drug-likeness (QED) is 0.760. The average Bonchev–Trinajstić information content (AvgIpc) is 2.48. The lowest BCUT2D eigenvalue weighted by Crippen LogP contribution is -2.26. The lowest BCUT2D eigenvalue weighted by Gasteiger charge is -2.24. The van der Waals surface area contributed by atoms with Crippen molar-refractivity contribution in [3.63, 3.8) is 0 Å². The Morgan fingerprint density at radius 3 is 2.60 bits per heavy atom. The second kappa shape index (κ2) is 7.24. The van der Waals surface area contributed by atoms with Crippen LogP contribution in [0.5, 0.6) is 5.88 Å². The summed E-state index contributed by atoms with van der Waals surface area (Å²) in [5, 5.41) is 0.881. The van der Waals surface area contributed by atoms with E-state index < -0.39 is 0 Å². The zero-order valence-corrected chi connectivity index (χ0v) is 13.3. The van der Waals surface area contributed by atoms with Crippen LogP contribution in [-0.2, 0) is 6.54 Å². The van der Waals surface area contributed by atoms with Crippen LogP contribution in [0.4, 0.5) is 5.82 Å². The molecule has 0 atom stereocenters. The van der Waals surface area contributed by atoms with Crippen molar-refractivity contribution in [2.45, 2.75) is 13.5 Å². The first-order valence-corrected chi connectivity index (χ1v) is 7.59. The highest BCUT2D eigenvalue weighted by atomic mass is 79.9. The monoisotopic (exact) mass is 335 g/mol. The van der Waals surface area contributed by atoms with Gasteiger partial charge in [0.25, 0.3) is 0 Å². The van der Waals surface area contributed by atoms with E-state index in [1.807, 2.05) is 13.0 Å². The van der Waals surface area contributed by atoms with Crippen molar-refractivity contribution >= 4 is 21.7 Å². The van der Waals surface area contributed by atoms with E-state index in [9.17, 15) is 0 Å². The Bertz CT molecular complexity index is 548. The van der Waals surface area contributed by atoms with Gasteiger partial charge in [-0.3, -0.25) is 0 Å². The topological polar surface area (TPSA) is 38.3 Å². The summed E-state index contributed by atoms with van der Waals surface area (Å²) in [5.74, 6) is 1.54. The molecule has 0 unspecified atom stereocenters. The fourth-order valence-corrected chi connectivity index (χ4v) is 2.54. The Hall–Kier alpha value is -1.62. The molecule has 2 rings (SSSR count). The second-order valence-corrected chi connectivity index (χ2v) is 5.22. The van der Waals surface area contributed by atoms with Crippen LogP contribution in [0.25, 0.3) is 0 Å². The van der Waals surface area contributed by atoms with Gasteiger partial charge in [-0.05, 0) is 12.5 Å². The number of ether oxygens (including phenoxy) is 1. The Kier molecular flexibility index (Phi) is 5.35. The number of nitrogens with zero attached hydrogens (tertiary/aromatic N) is 3. The number of benzene rings is 1. The van der Waals surface area contributed by atoms with Gasteiger partial charge in [-0.25, -0.2) is 9.97 Å². The number of hydrogen-bond acceptors (Lipinski definition) is 4. The summed E-state index contributed by atoms with van der Waals surface area (Å²) in [6.45, 7) is 3.67. The molecule has 0 fully saturated rings. The molecule has 0 aliphatic rings. The molecule has 0 N–H and O–H groups in total. The Morgan fingerprint density at radius 1 is 1.20 bits per heavy atom. The number of alkyl halides is 1. The van der Waals surface area contributed by atoms with Gasteiger partial charge in [-0.15, -0.1) is 0 Å². The number of halogens is 1. The summed E-state index contributed by atoms with van der Waals surface area (Å²) in [4.78, 5) is 10.8. The third kappa shape index (κ3) is 3.48. The molecule has 0 radical (unpaired) electrons. The lowest BCUT2D eigenvalue weighted by atomic mass is 10.2. The summed E-state index contributed by atoms with van der Waals surface area (Å²) in [6.07, 6.45) is 1.55. The van der Waals surface area contributed by atoms with E-state index in [0.717, 1.165) is 29.8 Å². The SMILES string of the molecule is COc1ncnc(N(CCBr)Cc2ccccc2)c1C. The molecular formula is C15H18BrN3O. The summed E-state index contributed by atoms with van der Waals surface area (Å²) in [6, 6.07) is 10.4. The highest BCUT2D eigenvalue weighted by Gasteiger charge is 2.14. The van der Waals surface area contributed by atoms with Gasteiger partial charge >= 0.3 is 0 Å². The van der Waals surface area contributed by atoms with E-state index in [2.05, 4.69) is 55.1 Å². The number of hydrogen-bond donors (Lipinski definition) is 0. The van der Waals surface area contributed by atoms with Crippen molar-refractivity contribution in [3.8, 4) is 5.88 Å². The molecule has 0 spiro atoms. The van der Waals surface area contributed by atoms with Gasteiger partial charge in [0.05, 0.1) is 12.7 Å². The van der Waals surface area contributed by atoms with E-state index in [1.54, 1.807) is 13.4 Å². The van der Waals surface area contributed by atoms with Crippen molar-refractivity contribution in [2.75, 3.05) is 23.9 Å². The van der Waals surface area contributed by atoms with Crippen molar-refractivity contribution in [1.29, 1.82) is 0 Å². The third-order valence-corrected chi connectivity index (χ3v) is 3.43. The minimum atomic E-state index is 0.627. The molecule has 0 bridgehead atoms. The van der Waals surface area contributed by atoms with Crippen LogP contribution in [0, 0.1) is 6.92 Å². The van der Waals surface area contributed by atoms with Crippen molar-refractivity contribution < 1.29 is 4.74 Å². The van der Waals surface area contributed by atoms with Gasteiger partial charge in [0.15, 0.2) is 0 Å². The van der Waals surface area contributed by atoms with Crippen LogP contribution in [0.2, 0.25) is 0 Å². The Morgan fingerprint density at radius 2 is 1.95 bits per heavy atom. The zero-order chi connectivity index (χ0) is 14.4. The molecule has 0 aliphatic heterocycles. The highest BCUT2D eigenvalue weighted by molar-refractivity contribution is 9.09. The summed E-state index contributed by atoms with van der Waals surface area (Å²) < 4.78 is 5.27. The molecule has 1 aromatic carbocycles. The standard InChI is InChI=1S/C15H18BrN3O/c1-12-14(17-11-18-15(12)20-2)19(9-8-16)10-13-6-4-3-5-7-13/h3-7,11H,8-10H2,1-2H3. The van der Waals surface area contributed by atoms with Crippen LogP contribution in [0.1, 0.15) is 11.1 Å². The normalized spacial score (nSPS) is 10.3. The number of methoxy groups -OCH3 is 1. The fourth-order valence-electron chi connectivity index (χ4n) is 2.12. The Balaban J connectivity index is 2.29. The minimum absolute atomic E-state index is 0.627. The van der Waals surface area contributed by atoms with Gasteiger partial charge in [-0.1, -0.05) is 46.3 Å². The van der Waals surface area contributed by atoms with Gasteiger partial charge in [0.1, 0.15) is 12.1 Å². The minimum Gasteiger partial charge on any atom is -0.481 e. The van der Waals surface area contributed by atoms with Crippen LogP contribution in [0.15, 0.2) is 36.7 Å². The van der Waals surface area contributed by atoms with Crippen LogP contribution >= 0.6 is 15.9 Å². The maximum atomic E-state index is 5.27. The lowest BCUT2D eigenvalue weighted by molar-refractivity contribution is 0.393. The molecule has 20 heavy (non-hydrogen) atoms. The molecule has 1 aromatic heterocycles. The van der Waals surface area contributed by atoms with Crippen molar-refractivity contribution in [1.82, 2.24) is 9.97 Å². The first kappa shape index (κ1) is 14.8. The molecular weight excluding hydrogens is 318 g/mol. The second-order valence-electron chi connectivity index (χ2n) is 4.43. The van der Waals surface area contributed by atoms with E-state index >= 15 is 0 Å². The van der Waals surface area contributed by atoms with E-state index in [4.69, 9.17) is 4.74 Å². The largest absolute Gasteiger partial charge is 0.481 e. The molecule has 106 valence electrons. The van der Waals surface area contributed by atoms with Gasteiger partial charge in [-0.2, -0.15) is 0 Å². The molecule has 0 saturated heterocycles. The third-order valence-electron chi connectivity index (χ3n) is 3.07. The molecule has 1 heterocycles. The van der Waals surface area contributed by atoms with Crippen molar-refractivity contribution in [3.05, 3.63) is 47.8 Å². The average molecular weight is 336 g/mol. The van der Waals surface area contributed by atoms with E-state index in [0.29, 0.717) is 5.88 Å². The maximum Gasteiger partial charge on any atom is 0.221 e. The first-order valence-electron chi connectivity index (χ1n) is 6.46. The first-order chi connectivity index (χ1) is 9.76. The van der Waals surface area contributed by atoms with Crippen molar-refractivity contribution in [2.24, 2.45) is 0 Å². The molecule has 0 aliphatic carbocycles. The Labute approximate surface area is 127 Å². The highest BCUT2D eigenvalue weighted by Crippen LogP contribution is 2.24. The summed E-state index contributed by atoms with van der Waals surface area (Å²) in [7, 11) is 1.63. The fraction of sp³-hybridized carbons (Fsp3) is 0.333. The smallest absolute Gasteiger partial charge is 0.221 e. The van der Waals surface area contributed by atoms with Gasteiger partial charge in [0.2, 0.25) is 5.88 Å². The van der Waals surface area contributed by atoms with Crippen LogP contribution < -0.4 is 9.64 Å². The molecule has 2 aromatic rings. The molecule has 0 saturated carbocycles. The maximum absolute atomic E-state index is 5.27. The van der Waals surface area contributed by atoms with Crippen LogP contribution in [0.3, 0.4) is 0 Å². The van der Waals surface area contributed by atoms with E-state index in [1.165, 1.54) is 5.56 Å². The van der Waals surface area contributed by atoms with Crippen LogP contribution in [-0.4, -0.2) is 29.0 Å². The summed E-state index contributed by atoms with van der Waals surface area (Å²) >= 11 is 3.50. The molecule has 5 heteroatoms.